The molecule has 0 aliphatic carbocycles. The second-order valence-electron chi connectivity index (χ2n) is 5.93. The molecule has 0 bridgehead atoms. The first kappa shape index (κ1) is 18.6. The average molecular weight is 340 g/mol. The maximum Gasteiger partial charge on any atom is 0.222 e. The molecule has 0 fully saturated rings. The predicted octanol–water partition coefficient (Wildman–Crippen LogP) is 3.14. The summed E-state index contributed by atoms with van der Waals surface area (Å²) < 4.78 is 5.08. The third-order valence-electron chi connectivity index (χ3n) is 4.12. The molecule has 0 saturated carbocycles. The number of aromatic nitrogens is 1. The maximum atomic E-state index is 12.2. The Labute approximate surface area is 148 Å². The van der Waals surface area contributed by atoms with E-state index in [9.17, 15) is 9.59 Å². The zero-order valence-electron chi connectivity index (χ0n) is 14.8. The zero-order chi connectivity index (χ0) is 18.1. The van der Waals surface area contributed by atoms with Crippen molar-refractivity contribution in [3.8, 4) is 5.75 Å². The number of carbonyl (C=O) groups excluding carboxylic acids is 2. The Morgan fingerprint density at radius 2 is 1.72 bits per heavy atom. The summed E-state index contributed by atoms with van der Waals surface area (Å²) >= 11 is 0. The highest BCUT2D eigenvalue weighted by atomic mass is 16.5. The first-order valence-corrected chi connectivity index (χ1v) is 8.40. The first-order chi connectivity index (χ1) is 12.1. The summed E-state index contributed by atoms with van der Waals surface area (Å²) in [6, 6.07) is 10.9. The van der Waals surface area contributed by atoms with E-state index in [-0.39, 0.29) is 11.7 Å². The minimum Gasteiger partial charge on any atom is -0.497 e. The van der Waals surface area contributed by atoms with Crippen molar-refractivity contribution in [2.45, 2.75) is 25.7 Å². The van der Waals surface area contributed by atoms with Gasteiger partial charge in [-0.1, -0.05) is 0 Å². The first-order valence-electron chi connectivity index (χ1n) is 8.40. The quantitative estimate of drug-likeness (QED) is 0.658. The van der Waals surface area contributed by atoms with Crippen LogP contribution < -0.4 is 4.74 Å². The van der Waals surface area contributed by atoms with Crippen LogP contribution in [0, 0.1) is 0 Å². The second kappa shape index (κ2) is 9.57. The van der Waals surface area contributed by atoms with Crippen LogP contribution >= 0.6 is 0 Å². The summed E-state index contributed by atoms with van der Waals surface area (Å²) in [5.74, 6) is 0.842. The van der Waals surface area contributed by atoms with Gasteiger partial charge in [-0.25, -0.2) is 0 Å². The number of amides is 1. The van der Waals surface area contributed by atoms with Crippen molar-refractivity contribution in [2.75, 3.05) is 20.7 Å². The van der Waals surface area contributed by atoms with Gasteiger partial charge in [-0.3, -0.25) is 14.6 Å². The summed E-state index contributed by atoms with van der Waals surface area (Å²) in [7, 11) is 3.39. The van der Waals surface area contributed by atoms with Crippen LogP contribution in [-0.4, -0.2) is 42.3 Å². The maximum absolute atomic E-state index is 12.2. The van der Waals surface area contributed by atoms with Crippen LogP contribution in [0.15, 0.2) is 48.8 Å². The molecule has 1 amide bonds. The number of methoxy groups -OCH3 is 1. The number of likely N-dealkylation sites (N-methyl/N-ethyl adjacent to an activating group) is 1. The largest absolute Gasteiger partial charge is 0.497 e. The molecule has 5 heteroatoms. The molecule has 0 radical (unpaired) electrons. The van der Waals surface area contributed by atoms with Gasteiger partial charge in [0.25, 0.3) is 0 Å². The molecule has 0 saturated heterocycles. The molecular weight excluding hydrogens is 316 g/mol. The lowest BCUT2D eigenvalue weighted by atomic mass is 10.1. The number of carbonyl (C=O) groups is 2. The van der Waals surface area contributed by atoms with E-state index in [2.05, 4.69) is 4.98 Å². The highest BCUT2D eigenvalue weighted by Gasteiger charge is 2.11. The Bertz CT molecular complexity index is 684. The smallest absolute Gasteiger partial charge is 0.222 e. The normalized spacial score (nSPS) is 10.3. The molecular formula is C20H24N2O3. The summed E-state index contributed by atoms with van der Waals surface area (Å²) in [5, 5.41) is 0. The summed E-state index contributed by atoms with van der Waals surface area (Å²) in [6.45, 7) is 0.662. The van der Waals surface area contributed by atoms with Gasteiger partial charge in [0.1, 0.15) is 5.75 Å². The van der Waals surface area contributed by atoms with Crippen molar-refractivity contribution in [1.29, 1.82) is 0 Å². The van der Waals surface area contributed by atoms with Gasteiger partial charge < -0.3 is 9.64 Å². The average Bonchev–Trinajstić information content (AvgIpc) is 2.66. The van der Waals surface area contributed by atoms with Gasteiger partial charge in [-0.2, -0.15) is 0 Å². The van der Waals surface area contributed by atoms with E-state index < -0.39 is 0 Å². The van der Waals surface area contributed by atoms with Crippen LogP contribution in [0.4, 0.5) is 0 Å². The molecule has 25 heavy (non-hydrogen) atoms. The lowest BCUT2D eigenvalue weighted by Gasteiger charge is -2.17. The standard InChI is InChI=1S/C20H24N2O3/c1-22(15-12-16-10-13-21-14-11-16)20(24)5-3-4-19(23)17-6-8-18(25-2)9-7-17/h6-11,13-14H,3-5,12,15H2,1-2H3. The van der Waals surface area contributed by atoms with Gasteiger partial charge in [-0.15, -0.1) is 0 Å². The Morgan fingerprint density at radius 1 is 1.04 bits per heavy atom. The molecule has 1 aromatic carbocycles. The SMILES string of the molecule is COc1ccc(C(=O)CCCC(=O)N(C)CCc2ccncc2)cc1. The Morgan fingerprint density at radius 3 is 2.36 bits per heavy atom. The van der Waals surface area contributed by atoms with Crippen molar-refractivity contribution in [3.05, 3.63) is 59.9 Å². The number of ketones is 1. The summed E-state index contributed by atoms with van der Waals surface area (Å²) in [4.78, 5) is 30.0. The van der Waals surface area contributed by atoms with Crippen molar-refractivity contribution in [3.63, 3.8) is 0 Å². The van der Waals surface area contributed by atoms with Gasteiger partial charge in [-0.05, 0) is 54.8 Å². The fourth-order valence-corrected chi connectivity index (χ4v) is 2.48. The molecule has 1 heterocycles. The number of Topliss-reactive ketones (excluding diaryl/α,β-unsaturated/α-hetero) is 1. The predicted molar refractivity (Wildman–Crippen MR) is 96.8 cm³/mol. The number of benzene rings is 1. The van der Waals surface area contributed by atoms with E-state index in [1.165, 1.54) is 0 Å². The van der Waals surface area contributed by atoms with E-state index in [4.69, 9.17) is 4.74 Å². The van der Waals surface area contributed by atoms with E-state index in [0.717, 1.165) is 17.7 Å². The number of hydrogen-bond acceptors (Lipinski definition) is 4. The second-order valence-corrected chi connectivity index (χ2v) is 5.93. The van der Waals surface area contributed by atoms with Gasteiger partial charge >= 0.3 is 0 Å². The number of nitrogens with zero attached hydrogens (tertiary/aromatic N) is 2. The highest BCUT2D eigenvalue weighted by Crippen LogP contribution is 2.14. The van der Waals surface area contributed by atoms with Crippen molar-refractivity contribution in [2.24, 2.45) is 0 Å². The number of pyridine rings is 1. The van der Waals surface area contributed by atoms with Gasteiger partial charge in [0.15, 0.2) is 5.78 Å². The number of ether oxygens (including phenoxy) is 1. The molecule has 1 aromatic heterocycles. The van der Waals surface area contributed by atoms with E-state index in [1.54, 1.807) is 55.7 Å². The minimum atomic E-state index is 0.0508. The number of hydrogen-bond donors (Lipinski definition) is 0. The van der Waals surface area contributed by atoms with Gasteiger partial charge in [0.2, 0.25) is 5.91 Å². The van der Waals surface area contributed by atoms with E-state index in [0.29, 0.717) is 31.4 Å². The van der Waals surface area contributed by atoms with Gasteiger partial charge in [0.05, 0.1) is 7.11 Å². The molecule has 132 valence electrons. The van der Waals surface area contributed by atoms with Gasteiger partial charge in [0, 0.05) is 44.4 Å². The molecule has 0 spiro atoms. The molecule has 2 aromatic rings. The van der Waals surface area contributed by atoms with Crippen LogP contribution in [0.2, 0.25) is 0 Å². The molecule has 0 aliphatic heterocycles. The fourth-order valence-electron chi connectivity index (χ4n) is 2.48. The van der Waals surface area contributed by atoms with Crippen LogP contribution in [-0.2, 0) is 11.2 Å². The molecule has 0 N–H and O–H groups in total. The minimum absolute atomic E-state index is 0.0508. The molecule has 2 rings (SSSR count). The van der Waals surface area contributed by atoms with Crippen LogP contribution in [0.25, 0.3) is 0 Å². The third-order valence-corrected chi connectivity index (χ3v) is 4.12. The van der Waals surface area contributed by atoms with E-state index >= 15 is 0 Å². The monoisotopic (exact) mass is 340 g/mol. The molecule has 0 unspecified atom stereocenters. The van der Waals surface area contributed by atoms with Crippen LogP contribution in [0.5, 0.6) is 5.75 Å². The molecule has 0 aliphatic rings. The van der Waals surface area contributed by atoms with Crippen molar-refractivity contribution in [1.82, 2.24) is 9.88 Å². The Kier molecular flexibility index (Phi) is 7.14. The van der Waals surface area contributed by atoms with E-state index in [1.807, 2.05) is 12.1 Å². The lowest BCUT2D eigenvalue weighted by molar-refractivity contribution is -0.129. The summed E-state index contributed by atoms with van der Waals surface area (Å²) in [5.41, 5.74) is 1.81. The van der Waals surface area contributed by atoms with Crippen molar-refractivity contribution < 1.29 is 14.3 Å². The van der Waals surface area contributed by atoms with Crippen molar-refractivity contribution >= 4 is 11.7 Å². The third kappa shape index (κ3) is 6.03. The number of rotatable bonds is 9. The highest BCUT2D eigenvalue weighted by molar-refractivity contribution is 5.96. The fraction of sp³-hybridized carbons (Fsp3) is 0.350. The molecule has 0 atom stereocenters. The topological polar surface area (TPSA) is 59.5 Å². The van der Waals surface area contributed by atoms with Crippen LogP contribution in [0.1, 0.15) is 35.2 Å². The Hall–Kier alpha value is -2.69. The molecule has 5 nitrogen and oxygen atoms in total. The Balaban J connectivity index is 1.70. The summed E-state index contributed by atoms with van der Waals surface area (Å²) in [6.07, 6.45) is 5.62. The lowest BCUT2D eigenvalue weighted by Crippen LogP contribution is -2.28. The zero-order valence-corrected chi connectivity index (χ0v) is 14.8. The van der Waals surface area contributed by atoms with Crippen LogP contribution in [0.3, 0.4) is 0 Å².